The quantitative estimate of drug-likeness (QED) is 0.412. The van der Waals surface area contributed by atoms with E-state index in [4.69, 9.17) is 18.6 Å². The SMILES string of the molecule is COc1ccc(OC(=O)N2C(C(=O)O)CC=CCC2c2ccc(OCCc3nc(C)oc3C)cc2)cc1. The second-order valence-corrected chi connectivity index (χ2v) is 8.67. The molecular weight excluding hydrogens is 476 g/mol. The van der Waals surface area contributed by atoms with Crippen LogP contribution in [0.4, 0.5) is 4.79 Å². The number of hydrogen-bond acceptors (Lipinski definition) is 7. The zero-order valence-corrected chi connectivity index (χ0v) is 21.0. The highest BCUT2D eigenvalue weighted by Gasteiger charge is 2.37. The van der Waals surface area contributed by atoms with Gasteiger partial charge in [-0.2, -0.15) is 0 Å². The lowest BCUT2D eigenvalue weighted by Gasteiger charge is -2.33. The van der Waals surface area contributed by atoms with Gasteiger partial charge in [-0.25, -0.2) is 14.6 Å². The molecule has 1 aromatic heterocycles. The Kier molecular flexibility index (Phi) is 8.12. The first-order valence-electron chi connectivity index (χ1n) is 12.0. The molecule has 37 heavy (non-hydrogen) atoms. The van der Waals surface area contributed by atoms with Gasteiger partial charge in [-0.15, -0.1) is 0 Å². The van der Waals surface area contributed by atoms with E-state index in [9.17, 15) is 14.7 Å². The highest BCUT2D eigenvalue weighted by atomic mass is 16.6. The van der Waals surface area contributed by atoms with E-state index >= 15 is 0 Å². The highest BCUT2D eigenvalue weighted by Crippen LogP contribution is 2.33. The van der Waals surface area contributed by atoms with Crippen LogP contribution in [0.5, 0.6) is 17.2 Å². The predicted molar refractivity (Wildman–Crippen MR) is 135 cm³/mol. The third kappa shape index (κ3) is 6.30. The molecule has 2 aromatic carbocycles. The Hall–Kier alpha value is -4.27. The molecule has 9 heteroatoms. The van der Waals surface area contributed by atoms with Crippen LogP contribution in [-0.4, -0.2) is 46.8 Å². The van der Waals surface area contributed by atoms with Crippen molar-refractivity contribution in [1.82, 2.24) is 9.88 Å². The molecule has 3 aromatic rings. The molecule has 0 aliphatic carbocycles. The van der Waals surface area contributed by atoms with Crippen LogP contribution >= 0.6 is 0 Å². The van der Waals surface area contributed by atoms with Gasteiger partial charge in [-0.3, -0.25) is 4.90 Å². The van der Waals surface area contributed by atoms with Crippen molar-refractivity contribution >= 4 is 12.1 Å². The third-order valence-corrected chi connectivity index (χ3v) is 6.19. The average Bonchev–Trinajstić information content (AvgIpc) is 3.07. The molecule has 1 aliphatic heterocycles. The van der Waals surface area contributed by atoms with E-state index in [1.165, 1.54) is 4.90 Å². The van der Waals surface area contributed by atoms with E-state index in [1.54, 1.807) is 37.5 Å². The van der Waals surface area contributed by atoms with E-state index in [-0.39, 0.29) is 6.42 Å². The van der Waals surface area contributed by atoms with Crippen molar-refractivity contribution in [2.24, 2.45) is 0 Å². The molecule has 0 spiro atoms. The summed E-state index contributed by atoms with van der Waals surface area (Å²) in [5.74, 6) is 1.90. The van der Waals surface area contributed by atoms with Crippen molar-refractivity contribution in [3.05, 3.63) is 83.6 Å². The summed E-state index contributed by atoms with van der Waals surface area (Å²) in [6.07, 6.45) is 4.21. The number of aryl methyl sites for hydroxylation is 2. The minimum Gasteiger partial charge on any atom is -0.497 e. The second-order valence-electron chi connectivity index (χ2n) is 8.67. The Morgan fingerprint density at radius 3 is 2.27 bits per heavy atom. The van der Waals surface area contributed by atoms with Gasteiger partial charge in [0, 0.05) is 13.3 Å². The maximum atomic E-state index is 13.3. The Morgan fingerprint density at radius 1 is 1.00 bits per heavy atom. The fourth-order valence-electron chi connectivity index (χ4n) is 4.32. The number of aliphatic carboxylic acids is 1. The maximum Gasteiger partial charge on any atom is 0.416 e. The van der Waals surface area contributed by atoms with E-state index in [0.29, 0.717) is 42.6 Å². The summed E-state index contributed by atoms with van der Waals surface area (Å²) in [5, 5.41) is 9.91. The summed E-state index contributed by atoms with van der Waals surface area (Å²) in [6.45, 7) is 4.12. The van der Waals surface area contributed by atoms with Crippen molar-refractivity contribution in [2.45, 2.75) is 45.2 Å². The molecule has 2 heterocycles. The van der Waals surface area contributed by atoms with Crippen molar-refractivity contribution in [1.29, 1.82) is 0 Å². The molecule has 2 unspecified atom stereocenters. The molecule has 0 fully saturated rings. The van der Waals surface area contributed by atoms with E-state index in [2.05, 4.69) is 4.98 Å². The van der Waals surface area contributed by atoms with Crippen LogP contribution in [0, 0.1) is 13.8 Å². The zero-order valence-electron chi connectivity index (χ0n) is 21.0. The van der Waals surface area contributed by atoms with Gasteiger partial charge in [0.1, 0.15) is 29.1 Å². The fourth-order valence-corrected chi connectivity index (χ4v) is 4.32. The first kappa shape index (κ1) is 25.8. The average molecular weight is 507 g/mol. The summed E-state index contributed by atoms with van der Waals surface area (Å²) in [7, 11) is 1.54. The lowest BCUT2D eigenvalue weighted by Crippen LogP contribution is -2.47. The van der Waals surface area contributed by atoms with Gasteiger partial charge in [-0.1, -0.05) is 24.3 Å². The standard InChI is InChI=1S/C28H30N2O7/c1-18-24(29-19(2)36-18)16-17-35-22-10-8-20(9-11-22)25-6-4-5-7-26(27(31)32)30(25)28(33)37-23-14-12-21(34-3)13-15-23/h4-5,8-15,25-26H,6-7,16-17H2,1-3H3,(H,31,32). The van der Waals surface area contributed by atoms with Crippen LogP contribution in [0.2, 0.25) is 0 Å². The summed E-state index contributed by atoms with van der Waals surface area (Å²) >= 11 is 0. The smallest absolute Gasteiger partial charge is 0.416 e. The number of oxazole rings is 1. The number of methoxy groups -OCH3 is 1. The van der Waals surface area contributed by atoms with Crippen LogP contribution in [0.15, 0.2) is 65.1 Å². The number of ether oxygens (including phenoxy) is 3. The predicted octanol–water partition coefficient (Wildman–Crippen LogP) is 5.27. The molecule has 0 radical (unpaired) electrons. The number of hydrogen-bond donors (Lipinski definition) is 1. The monoisotopic (exact) mass is 506 g/mol. The van der Waals surface area contributed by atoms with Gasteiger partial charge >= 0.3 is 12.1 Å². The van der Waals surface area contributed by atoms with Crippen molar-refractivity contribution in [3.63, 3.8) is 0 Å². The molecule has 9 nitrogen and oxygen atoms in total. The van der Waals surface area contributed by atoms with Gasteiger partial charge in [0.15, 0.2) is 5.89 Å². The Bertz CT molecular complexity index is 1250. The molecule has 4 rings (SSSR count). The van der Waals surface area contributed by atoms with Crippen LogP contribution in [-0.2, 0) is 11.2 Å². The molecule has 1 amide bonds. The van der Waals surface area contributed by atoms with E-state index in [1.807, 2.05) is 44.2 Å². The van der Waals surface area contributed by atoms with Gasteiger partial charge < -0.3 is 23.7 Å². The number of benzene rings is 2. The number of nitrogens with zero attached hydrogens (tertiary/aromatic N) is 2. The van der Waals surface area contributed by atoms with Crippen LogP contribution in [0.3, 0.4) is 0 Å². The topological polar surface area (TPSA) is 111 Å². The molecule has 0 bridgehead atoms. The fraction of sp³-hybridized carbons (Fsp3) is 0.321. The van der Waals surface area contributed by atoms with Crippen LogP contribution in [0.25, 0.3) is 0 Å². The molecule has 1 aliphatic rings. The van der Waals surface area contributed by atoms with Crippen molar-refractivity contribution < 1.29 is 33.3 Å². The zero-order chi connectivity index (χ0) is 26.4. The number of carboxylic acid groups (broad SMARTS) is 1. The van der Waals surface area contributed by atoms with Gasteiger partial charge in [0.2, 0.25) is 0 Å². The van der Waals surface area contributed by atoms with Gasteiger partial charge in [0.25, 0.3) is 0 Å². The van der Waals surface area contributed by atoms with E-state index in [0.717, 1.165) is 17.0 Å². The first-order valence-corrected chi connectivity index (χ1v) is 12.0. The molecule has 194 valence electrons. The summed E-state index contributed by atoms with van der Waals surface area (Å²) in [5.41, 5.74) is 1.64. The lowest BCUT2D eigenvalue weighted by molar-refractivity contribution is -0.143. The number of carbonyl (C=O) groups is 2. The normalized spacial score (nSPS) is 17.2. The molecule has 1 N–H and O–H groups in total. The number of carbonyl (C=O) groups excluding carboxylic acids is 1. The minimum atomic E-state index is -1.10. The Balaban J connectivity index is 1.49. The number of amides is 1. The molecular formula is C28H30N2O7. The van der Waals surface area contributed by atoms with Gasteiger partial charge in [-0.05, 0) is 61.7 Å². The highest BCUT2D eigenvalue weighted by molar-refractivity contribution is 5.82. The summed E-state index contributed by atoms with van der Waals surface area (Å²) in [6, 6.07) is 12.3. The Morgan fingerprint density at radius 2 is 1.65 bits per heavy atom. The maximum absolute atomic E-state index is 13.3. The summed E-state index contributed by atoms with van der Waals surface area (Å²) in [4.78, 5) is 31.1. The second kappa shape index (κ2) is 11.6. The number of rotatable bonds is 8. The van der Waals surface area contributed by atoms with Crippen molar-refractivity contribution in [2.75, 3.05) is 13.7 Å². The third-order valence-electron chi connectivity index (χ3n) is 6.19. The molecule has 2 atom stereocenters. The lowest BCUT2D eigenvalue weighted by atomic mass is 10.0. The number of aromatic nitrogens is 1. The molecule has 0 saturated carbocycles. The first-order chi connectivity index (χ1) is 17.9. The summed E-state index contributed by atoms with van der Waals surface area (Å²) < 4.78 is 22.0. The van der Waals surface area contributed by atoms with Crippen molar-refractivity contribution in [3.8, 4) is 17.2 Å². The largest absolute Gasteiger partial charge is 0.497 e. The van der Waals surface area contributed by atoms with Gasteiger partial charge in [0.05, 0.1) is 25.5 Å². The molecule has 0 saturated heterocycles. The minimum absolute atomic E-state index is 0.186. The number of carboxylic acids is 1. The van der Waals surface area contributed by atoms with E-state index < -0.39 is 24.1 Å². The Labute approximate surface area is 215 Å². The van der Waals surface area contributed by atoms with Crippen LogP contribution < -0.4 is 14.2 Å². The van der Waals surface area contributed by atoms with Crippen LogP contribution in [0.1, 0.15) is 41.8 Å².